The fourth-order valence-corrected chi connectivity index (χ4v) is 1.40. The molecule has 7 nitrogen and oxygen atoms in total. The monoisotopic (exact) mass is 268 g/mol. The van der Waals surface area contributed by atoms with E-state index >= 15 is 0 Å². The predicted molar refractivity (Wildman–Crippen MR) is 70.4 cm³/mol. The lowest BCUT2D eigenvalue weighted by Gasteiger charge is -2.07. The van der Waals surface area contributed by atoms with Crippen LogP contribution in [0, 0.1) is 5.92 Å². The highest BCUT2D eigenvalue weighted by Gasteiger charge is 2.16. The molecule has 1 heterocycles. The molecule has 0 bridgehead atoms. The van der Waals surface area contributed by atoms with E-state index in [-0.39, 0.29) is 30.4 Å². The summed E-state index contributed by atoms with van der Waals surface area (Å²) in [6.07, 6.45) is 1.45. The van der Waals surface area contributed by atoms with Crippen molar-refractivity contribution in [3.63, 3.8) is 0 Å². The highest BCUT2D eigenvalue weighted by Crippen LogP contribution is 2.10. The van der Waals surface area contributed by atoms with Crippen LogP contribution >= 0.6 is 0 Å². The number of nitrogens with zero attached hydrogens (tertiary/aromatic N) is 2. The maximum absolute atomic E-state index is 11.6. The van der Waals surface area contributed by atoms with Crippen molar-refractivity contribution in [2.45, 2.75) is 27.3 Å². The Morgan fingerprint density at radius 2 is 2.21 bits per heavy atom. The number of nitrogens with one attached hydrogen (secondary N) is 1. The zero-order valence-corrected chi connectivity index (χ0v) is 11.5. The third kappa shape index (κ3) is 4.61. The Balaban J connectivity index is 2.63. The average Bonchev–Trinajstić information content (AvgIpc) is 2.68. The van der Waals surface area contributed by atoms with Gasteiger partial charge in [0.1, 0.15) is 6.54 Å². The summed E-state index contributed by atoms with van der Waals surface area (Å²) in [4.78, 5) is 23.1. The van der Waals surface area contributed by atoms with Crippen LogP contribution in [0.1, 0.15) is 31.3 Å². The number of carbonyl (C=O) groups excluding carboxylic acids is 2. The summed E-state index contributed by atoms with van der Waals surface area (Å²) in [7, 11) is 0. The topological polar surface area (TPSA) is 99.2 Å². The molecule has 106 valence electrons. The molecule has 0 saturated carbocycles. The van der Waals surface area contributed by atoms with Gasteiger partial charge in [-0.3, -0.25) is 9.48 Å². The van der Waals surface area contributed by atoms with E-state index in [1.54, 1.807) is 6.92 Å². The van der Waals surface area contributed by atoms with Crippen molar-refractivity contribution in [3.05, 3.63) is 11.9 Å². The van der Waals surface area contributed by atoms with E-state index in [9.17, 15) is 9.59 Å². The molecular formula is C12H20N4O3. The number of amides is 1. The van der Waals surface area contributed by atoms with Crippen LogP contribution in [0.15, 0.2) is 6.20 Å². The lowest BCUT2D eigenvalue weighted by molar-refractivity contribution is -0.122. The second-order valence-electron chi connectivity index (χ2n) is 4.55. The molecule has 1 amide bonds. The van der Waals surface area contributed by atoms with Crippen LogP contribution in [-0.4, -0.2) is 34.8 Å². The van der Waals surface area contributed by atoms with Crippen LogP contribution < -0.4 is 11.1 Å². The minimum Gasteiger partial charge on any atom is -0.461 e. The average molecular weight is 268 g/mol. The van der Waals surface area contributed by atoms with Gasteiger partial charge in [-0.15, -0.1) is 0 Å². The van der Waals surface area contributed by atoms with Crippen molar-refractivity contribution in [1.29, 1.82) is 0 Å². The molecule has 0 unspecified atom stereocenters. The molecule has 19 heavy (non-hydrogen) atoms. The Bertz CT molecular complexity index is 454. The van der Waals surface area contributed by atoms with Gasteiger partial charge in [-0.2, -0.15) is 5.10 Å². The minimum atomic E-state index is -0.582. The molecular weight excluding hydrogens is 248 g/mol. The van der Waals surface area contributed by atoms with Crippen LogP contribution in [0.2, 0.25) is 0 Å². The molecule has 1 aromatic heterocycles. The van der Waals surface area contributed by atoms with Gasteiger partial charge < -0.3 is 15.8 Å². The van der Waals surface area contributed by atoms with Gasteiger partial charge in [-0.1, -0.05) is 13.8 Å². The summed E-state index contributed by atoms with van der Waals surface area (Å²) in [5.41, 5.74) is 5.90. The third-order valence-corrected chi connectivity index (χ3v) is 2.27. The smallest absolute Gasteiger partial charge is 0.361 e. The number of hydrogen-bond acceptors (Lipinski definition) is 5. The molecule has 0 aliphatic rings. The molecule has 0 fully saturated rings. The van der Waals surface area contributed by atoms with Crippen molar-refractivity contribution < 1.29 is 14.3 Å². The second-order valence-corrected chi connectivity index (χ2v) is 4.55. The van der Waals surface area contributed by atoms with Crippen molar-refractivity contribution in [3.8, 4) is 0 Å². The van der Waals surface area contributed by atoms with Gasteiger partial charge in [0.15, 0.2) is 5.69 Å². The van der Waals surface area contributed by atoms with Crippen LogP contribution in [0.4, 0.5) is 5.69 Å². The molecule has 7 heteroatoms. The Morgan fingerprint density at radius 1 is 1.53 bits per heavy atom. The number of nitrogens with two attached hydrogens (primary N) is 1. The first-order valence-corrected chi connectivity index (χ1v) is 6.20. The lowest BCUT2D eigenvalue weighted by atomic mass is 10.2. The third-order valence-electron chi connectivity index (χ3n) is 2.27. The van der Waals surface area contributed by atoms with Crippen LogP contribution in [-0.2, 0) is 16.1 Å². The Morgan fingerprint density at radius 3 is 2.79 bits per heavy atom. The maximum Gasteiger partial charge on any atom is 0.361 e. The summed E-state index contributed by atoms with van der Waals surface area (Å²) in [5, 5.41) is 6.71. The molecule has 3 N–H and O–H groups in total. The first-order chi connectivity index (χ1) is 8.93. The summed E-state index contributed by atoms with van der Waals surface area (Å²) in [5.74, 6) is -0.380. The van der Waals surface area contributed by atoms with E-state index in [0.29, 0.717) is 12.5 Å². The molecule has 0 aliphatic heterocycles. The fraction of sp³-hybridized carbons (Fsp3) is 0.583. The van der Waals surface area contributed by atoms with Crippen LogP contribution in [0.5, 0.6) is 0 Å². The molecule has 1 aromatic rings. The number of hydrogen-bond donors (Lipinski definition) is 2. The summed E-state index contributed by atoms with van der Waals surface area (Å²) in [6.45, 7) is 6.58. The maximum atomic E-state index is 11.6. The number of aromatic nitrogens is 2. The molecule has 0 saturated heterocycles. The molecule has 0 atom stereocenters. The van der Waals surface area contributed by atoms with Gasteiger partial charge in [0.25, 0.3) is 0 Å². The van der Waals surface area contributed by atoms with Gasteiger partial charge in [0, 0.05) is 12.7 Å². The SMILES string of the molecule is CCOC(=O)c1nn(CC(=O)NCC(C)C)cc1N. The first-order valence-electron chi connectivity index (χ1n) is 6.20. The van der Waals surface area contributed by atoms with Gasteiger partial charge in [0.2, 0.25) is 5.91 Å². The van der Waals surface area contributed by atoms with Gasteiger partial charge in [0.05, 0.1) is 12.3 Å². The number of anilines is 1. The van der Waals surface area contributed by atoms with E-state index in [1.807, 2.05) is 13.8 Å². The molecule has 0 spiro atoms. The van der Waals surface area contributed by atoms with Crippen molar-refractivity contribution in [2.24, 2.45) is 5.92 Å². The normalized spacial score (nSPS) is 10.5. The number of carbonyl (C=O) groups is 2. The van der Waals surface area contributed by atoms with Crippen LogP contribution in [0.3, 0.4) is 0 Å². The number of rotatable bonds is 6. The van der Waals surface area contributed by atoms with Gasteiger partial charge >= 0.3 is 5.97 Å². The van der Waals surface area contributed by atoms with E-state index in [4.69, 9.17) is 10.5 Å². The predicted octanol–water partition coefficient (Wildman–Crippen LogP) is 0.414. The Hall–Kier alpha value is -2.05. The van der Waals surface area contributed by atoms with Crippen molar-refractivity contribution in [2.75, 3.05) is 18.9 Å². The number of nitrogen functional groups attached to an aromatic ring is 1. The minimum absolute atomic E-state index is 0.0241. The first kappa shape index (κ1) is 15.0. The summed E-state index contributed by atoms with van der Waals surface area (Å²) >= 11 is 0. The quantitative estimate of drug-likeness (QED) is 0.728. The highest BCUT2D eigenvalue weighted by molar-refractivity contribution is 5.92. The summed E-state index contributed by atoms with van der Waals surface area (Å²) in [6, 6.07) is 0. The van der Waals surface area contributed by atoms with E-state index in [2.05, 4.69) is 10.4 Å². The number of ether oxygens (including phenoxy) is 1. The Labute approximate surface area is 112 Å². The molecule has 0 radical (unpaired) electrons. The van der Waals surface area contributed by atoms with Crippen molar-refractivity contribution in [1.82, 2.24) is 15.1 Å². The molecule has 1 rings (SSSR count). The zero-order valence-electron chi connectivity index (χ0n) is 11.5. The number of esters is 1. The lowest BCUT2D eigenvalue weighted by Crippen LogP contribution is -2.30. The molecule has 0 aromatic carbocycles. The Kier molecular flexibility index (Phi) is 5.35. The van der Waals surface area contributed by atoms with Gasteiger partial charge in [-0.05, 0) is 12.8 Å². The van der Waals surface area contributed by atoms with E-state index < -0.39 is 5.97 Å². The van der Waals surface area contributed by atoms with E-state index in [0.717, 1.165) is 0 Å². The van der Waals surface area contributed by atoms with Gasteiger partial charge in [-0.25, -0.2) is 4.79 Å². The zero-order chi connectivity index (χ0) is 14.4. The highest BCUT2D eigenvalue weighted by atomic mass is 16.5. The second kappa shape index (κ2) is 6.77. The van der Waals surface area contributed by atoms with Crippen molar-refractivity contribution >= 4 is 17.6 Å². The fourth-order valence-electron chi connectivity index (χ4n) is 1.40. The largest absolute Gasteiger partial charge is 0.461 e. The summed E-state index contributed by atoms with van der Waals surface area (Å²) < 4.78 is 6.14. The van der Waals surface area contributed by atoms with E-state index in [1.165, 1.54) is 10.9 Å². The molecule has 0 aliphatic carbocycles. The standard InChI is InChI=1S/C12H20N4O3/c1-4-19-12(18)11-9(13)6-16(15-11)7-10(17)14-5-8(2)3/h6,8H,4-5,7,13H2,1-3H3,(H,14,17). The van der Waals surface area contributed by atoms with Crippen LogP contribution in [0.25, 0.3) is 0 Å².